The third kappa shape index (κ3) is 2.07. The van der Waals surface area contributed by atoms with Crippen molar-refractivity contribution in [1.82, 2.24) is 0 Å². The van der Waals surface area contributed by atoms with Crippen LogP contribution in [0.25, 0.3) is 0 Å². The maximum absolute atomic E-state index is 11.3. The van der Waals surface area contributed by atoms with Gasteiger partial charge in [-0.05, 0) is 40.8 Å². The van der Waals surface area contributed by atoms with Gasteiger partial charge < -0.3 is 9.84 Å². The number of rotatable bonds is 4. The average molecular weight is 285 g/mol. The summed E-state index contributed by atoms with van der Waals surface area (Å²) in [5.41, 5.74) is 0.770. The van der Waals surface area contributed by atoms with E-state index in [1.54, 1.807) is 7.11 Å². The summed E-state index contributed by atoms with van der Waals surface area (Å²) in [6.07, 6.45) is 1.99. The number of ether oxygens (including phenoxy) is 1. The van der Waals surface area contributed by atoms with Crippen molar-refractivity contribution in [3.8, 4) is 5.75 Å². The van der Waals surface area contributed by atoms with Crippen LogP contribution in [0, 0.1) is 5.92 Å². The largest absolute Gasteiger partial charge is 0.495 e. The summed E-state index contributed by atoms with van der Waals surface area (Å²) < 4.78 is 6.08. The predicted octanol–water partition coefficient (Wildman–Crippen LogP) is 3.04. The van der Waals surface area contributed by atoms with Crippen molar-refractivity contribution >= 4 is 21.9 Å². The number of para-hydroxylation sites is 1. The van der Waals surface area contributed by atoms with Gasteiger partial charge in [0.1, 0.15) is 5.75 Å². The molecule has 0 aliphatic heterocycles. The molecule has 0 radical (unpaired) electrons. The van der Waals surface area contributed by atoms with Gasteiger partial charge in [-0.15, -0.1) is 0 Å². The molecule has 1 aliphatic rings. The SMILES string of the molecule is COc1c(Br)cccc1C(C(=O)O)C1CC1. The molecular weight excluding hydrogens is 272 g/mol. The Hall–Kier alpha value is -1.03. The van der Waals surface area contributed by atoms with E-state index in [1.165, 1.54) is 0 Å². The Bertz CT molecular complexity index is 413. The minimum atomic E-state index is -0.765. The molecule has 1 aliphatic carbocycles. The van der Waals surface area contributed by atoms with E-state index in [4.69, 9.17) is 4.74 Å². The lowest BCUT2D eigenvalue weighted by Crippen LogP contribution is -2.14. The number of methoxy groups -OCH3 is 1. The quantitative estimate of drug-likeness (QED) is 0.925. The maximum Gasteiger partial charge on any atom is 0.311 e. The number of hydrogen-bond donors (Lipinski definition) is 1. The molecule has 1 atom stereocenters. The number of halogens is 1. The smallest absolute Gasteiger partial charge is 0.311 e. The molecular formula is C12H13BrO3. The van der Waals surface area contributed by atoms with Gasteiger partial charge in [0, 0.05) is 5.56 Å². The van der Waals surface area contributed by atoms with Crippen LogP contribution >= 0.6 is 15.9 Å². The fourth-order valence-electron chi connectivity index (χ4n) is 2.00. The average Bonchev–Trinajstić information content (AvgIpc) is 3.02. The highest BCUT2D eigenvalue weighted by Gasteiger charge is 2.39. The van der Waals surface area contributed by atoms with E-state index in [0.717, 1.165) is 22.9 Å². The first-order chi connectivity index (χ1) is 7.65. The van der Waals surface area contributed by atoms with E-state index in [1.807, 2.05) is 18.2 Å². The molecule has 0 spiro atoms. The number of aliphatic carboxylic acids is 1. The standard InChI is InChI=1S/C12H13BrO3/c1-16-11-8(3-2-4-9(11)13)10(12(14)15)7-5-6-7/h2-4,7,10H,5-6H2,1H3,(H,14,15). The zero-order valence-corrected chi connectivity index (χ0v) is 10.5. The first-order valence-electron chi connectivity index (χ1n) is 5.20. The molecule has 0 saturated heterocycles. The van der Waals surface area contributed by atoms with E-state index >= 15 is 0 Å². The van der Waals surface area contributed by atoms with Crippen molar-refractivity contribution in [2.24, 2.45) is 5.92 Å². The van der Waals surface area contributed by atoms with Gasteiger partial charge in [-0.2, -0.15) is 0 Å². The molecule has 16 heavy (non-hydrogen) atoms. The Balaban J connectivity index is 2.44. The minimum absolute atomic E-state index is 0.265. The second-order valence-corrected chi connectivity index (χ2v) is 4.87. The van der Waals surface area contributed by atoms with E-state index in [9.17, 15) is 9.90 Å². The van der Waals surface area contributed by atoms with Gasteiger partial charge in [0.15, 0.2) is 0 Å². The monoisotopic (exact) mass is 284 g/mol. The van der Waals surface area contributed by atoms with Crippen LogP contribution in [0.3, 0.4) is 0 Å². The molecule has 1 aromatic carbocycles. The fraction of sp³-hybridized carbons (Fsp3) is 0.417. The summed E-state index contributed by atoms with van der Waals surface area (Å²) in [7, 11) is 1.56. The number of carboxylic acid groups (broad SMARTS) is 1. The fourth-order valence-corrected chi connectivity index (χ4v) is 2.55. The van der Waals surface area contributed by atoms with Crippen LogP contribution in [0.5, 0.6) is 5.75 Å². The van der Waals surface area contributed by atoms with Gasteiger partial charge in [-0.25, -0.2) is 0 Å². The summed E-state index contributed by atoms with van der Waals surface area (Å²) in [5.74, 6) is -0.297. The molecule has 1 unspecified atom stereocenters. The van der Waals surface area contributed by atoms with Crippen molar-refractivity contribution in [1.29, 1.82) is 0 Å². The van der Waals surface area contributed by atoms with Crippen molar-refractivity contribution in [3.05, 3.63) is 28.2 Å². The summed E-state index contributed by atoms with van der Waals surface area (Å²) >= 11 is 3.38. The number of carboxylic acids is 1. The highest BCUT2D eigenvalue weighted by molar-refractivity contribution is 9.10. The lowest BCUT2D eigenvalue weighted by molar-refractivity contribution is -0.139. The van der Waals surface area contributed by atoms with Crippen LogP contribution in [0.4, 0.5) is 0 Å². The van der Waals surface area contributed by atoms with Gasteiger partial charge in [0.2, 0.25) is 0 Å². The molecule has 0 heterocycles. The highest BCUT2D eigenvalue weighted by atomic mass is 79.9. The Morgan fingerprint density at radius 3 is 2.75 bits per heavy atom. The molecule has 3 nitrogen and oxygen atoms in total. The zero-order chi connectivity index (χ0) is 11.7. The number of benzene rings is 1. The summed E-state index contributed by atoms with van der Waals surface area (Å²) in [6, 6.07) is 5.54. The van der Waals surface area contributed by atoms with Crippen LogP contribution in [-0.4, -0.2) is 18.2 Å². The van der Waals surface area contributed by atoms with Crippen LogP contribution in [0.1, 0.15) is 24.3 Å². The van der Waals surface area contributed by atoms with Gasteiger partial charge in [0.25, 0.3) is 0 Å². The zero-order valence-electron chi connectivity index (χ0n) is 8.94. The molecule has 1 fully saturated rings. The Kier molecular flexibility index (Phi) is 3.19. The van der Waals surface area contributed by atoms with Crippen LogP contribution in [0.2, 0.25) is 0 Å². The first kappa shape index (κ1) is 11.5. The van der Waals surface area contributed by atoms with E-state index in [0.29, 0.717) is 5.75 Å². The number of carbonyl (C=O) groups is 1. The summed E-state index contributed by atoms with van der Waals surface area (Å²) in [6.45, 7) is 0. The lowest BCUT2D eigenvalue weighted by atomic mass is 9.93. The molecule has 0 aromatic heterocycles. The van der Waals surface area contributed by atoms with Crippen molar-refractivity contribution in [2.45, 2.75) is 18.8 Å². The molecule has 4 heteroatoms. The van der Waals surface area contributed by atoms with Gasteiger partial charge >= 0.3 is 5.97 Å². The molecule has 2 rings (SSSR count). The Labute approximate surface area is 103 Å². The molecule has 0 amide bonds. The van der Waals surface area contributed by atoms with Crippen LogP contribution < -0.4 is 4.74 Å². The summed E-state index contributed by atoms with van der Waals surface area (Å²) in [4.78, 5) is 11.3. The van der Waals surface area contributed by atoms with E-state index in [-0.39, 0.29) is 5.92 Å². The van der Waals surface area contributed by atoms with Gasteiger partial charge in [-0.3, -0.25) is 4.79 Å². The maximum atomic E-state index is 11.3. The Morgan fingerprint density at radius 2 is 2.25 bits per heavy atom. The third-order valence-electron chi connectivity index (χ3n) is 2.90. The second kappa shape index (κ2) is 4.45. The van der Waals surface area contributed by atoms with E-state index in [2.05, 4.69) is 15.9 Å². The second-order valence-electron chi connectivity index (χ2n) is 4.02. The van der Waals surface area contributed by atoms with Crippen LogP contribution in [-0.2, 0) is 4.79 Å². The topological polar surface area (TPSA) is 46.5 Å². The molecule has 1 saturated carbocycles. The Morgan fingerprint density at radius 1 is 1.56 bits per heavy atom. The molecule has 86 valence electrons. The lowest BCUT2D eigenvalue weighted by Gasteiger charge is -2.16. The molecule has 0 bridgehead atoms. The number of hydrogen-bond acceptors (Lipinski definition) is 2. The van der Waals surface area contributed by atoms with Crippen molar-refractivity contribution < 1.29 is 14.6 Å². The molecule has 1 aromatic rings. The molecule has 1 N–H and O–H groups in total. The van der Waals surface area contributed by atoms with Gasteiger partial charge in [-0.1, -0.05) is 12.1 Å². The predicted molar refractivity (Wildman–Crippen MR) is 63.8 cm³/mol. The van der Waals surface area contributed by atoms with Crippen LogP contribution in [0.15, 0.2) is 22.7 Å². The normalized spacial score (nSPS) is 16.9. The summed E-state index contributed by atoms with van der Waals surface area (Å²) in [5, 5.41) is 9.28. The highest BCUT2D eigenvalue weighted by Crippen LogP contribution is 2.46. The first-order valence-corrected chi connectivity index (χ1v) is 5.99. The van der Waals surface area contributed by atoms with Crippen molar-refractivity contribution in [3.63, 3.8) is 0 Å². The van der Waals surface area contributed by atoms with E-state index < -0.39 is 11.9 Å². The third-order valence-corrected chi connectivity index (χ3v) is 3.52. The minimum Gasteiger partial charge on any atom is -0.495 e. The van der Waals surface area contributed by atoms with Crippen molar-refractivity contribution in [2.75, 3.05) is 7.11 Å². The van der Waals surface area contributed by atoms with Gasteiger partial charge in [0.05, 0.1) is 17.5 Å².